The largest absolute Gasteiger partial charge is 0.491 e. The molecule has 0 bridgehead atoms. The van der Waals surface area contributed by atoms with Crippen LogP contribution in [0.5, 0.6) is 11.5 Å². The van der Waals surface area contributed by atoms with E-state index in [0.29, 0.717) is 17.2 Å². The molecule has 0 aliphatic carbocycles. The molecule has 2 aromatic rings. The van der Waals surface area contributed by atoms with Crippen LogP contribution in [0.1, 0.15) is 6.92 Å². The molecule has 0 aromatic heterocycles. The van der Waals surface area contributed by atoms with Crippen molar-refractivity contribution >= 4 is 17.3 Å². The number of non-ortho nitro benzene ring substituents is 1. The molecular formula is C17H18N2O6. The number of nitro groups is 1. The molecule has 1 atom stereocenters. The number of carbonyl (C=O) groups excluding carboxylic acids is 1. The Morgan fingerprint density at radius 3 is 2.40 bits per heavy atom. The minimum absolute atomic E-state index is 0.00555. The van der Waals surface area contributed by atoms with Gasteiger partial charge in [0.25, 0.3) is 5.69 Å². The van der Waals surface area contributed by atoms with Crippen LogP contribution in [-0.4, -0.2) is 35.3 Å². The second-order valence-corrected chi connectivity index (χ2v) is 5.24. The molecule has 8 heteroatoms. The molecule has 2 aromatic carbocycles. The smallest absolute Gasteiger partial charge is 0.273 e. The van der Waals surface area contributed by atoms with Gasteiger partial charge in [-0.2, -0.15) is 0 Å². The van der Waals surface area contributed by atoms with E-state index >= 15 is 0 Å². The van der Waals surface area contributed by atoms with Crippen LogP contribution in [0.3, 0.4) is 0 Å². The van der Waals surface area contributed by atoms with Gasteiger partial charge in [0.1, 0.15) is 30.8 Å². The van der Waals surface area contributed by atoms with E-state index < -0.39 is 11.0 Å². The Balaban J connectivity index is 1.78. The molecular weight excluding hydrogens is 328 g/mol. The van der Waals surface area contributed by atoms with Gasteiger partial charge in [-0.05, 0) is 30.3 Å². The summed E-state index contributed by atoms with van der Waals surface area (Å²) in [5.41, 5.74) is 0.567. The predicted octanol–water partition coefficient (Wildman–Crippen LogP) is 2.37. The van der Waals surface area contributed by atoms with Gasteiger partial charge in [-0.25, -0.2) is 0 Å². The zero-order valence-corrected chi connectivity index (χ0v) is 13.5. The van der Waals surface area contributed by atoms with Crippen molar-refractivity contribution in [3.63, 3.8) is 0 Å². The van der Waals surface area contributed by atoms with E-state index in [1.807, 2.05) is 0 Å². The zero-order valence-electron chi connectivity index (χ0n) is 13.5. The monoisotopic (exact) mass is 346 g/mol. The second-order valence-electron chi connectivity index (χ2n) is 5.24. The summed E-state index contributed by atoms with van der Waals surface area (Å²) in [7, 11) is 0. The summed E-state index contributed by atoms with van der Waals surface area (Å²) in [6.45, 7) is 1.35. The number of rotatable bonds is 8. The number of hydrogen-bond acceptors (Lipinski definition) is 6. The van der Waals surface area contributed by atoms with Crippen LogP contribution >= 0.6 is 0 Å². The van der Waals surface area contributed by atoms with E-state index in [9.17, 15) is 20.0 Å². The highest BCUT2D eigenvalue weighted by molar-refractivity contribution is 5.88. The summed E-state index contributed by atoms with van der Waals surface area (Å²) in [4.78, 5) is 21.1. The maximum atomic E-state index is 10.9. The number of nitro benzene ring substituents is 1. The highest BCUT2D eigenvalue weighted by atomic mass is 16.6. The van der Waals surface area contributed by atoms with Gasteiger partial charge >= 0.3 is 0 Å². The van der Waals surface area contributed by atoms with E-state index in [1.54, 1.807) is 30.3 Å². The number of aliphatic hydroxyl groups is 1. The molecule has 0 fully saturated rings. The molecule has 2 rings (SSSR count). The number of amides is 1. The number of hydrogen-bond donors (Lipinski definition) is 2. The third kappa shape index (κ3) is 6.11. The maximum absolute atomic E-state index is 10.9. The molecule has 0 aliphatic rings. The van der Waals surface area contributed by atoms with Crippen molar-refractivity contribution in [3.8, 4) is 11.5 Å². The Hall–Kier alpha value is -3.13. The molecule has 25 heavy (non-hydrogen) atoms. The summed E-state index contributed by atoms with van der Waals surface area (Å²) in [6.07, 6.45) is -0.908. The lowest BCUT2D eigenvalue weighted by Crippen LogP contribution is -2.25. The van der Waals surface area contributed by atoms with Gasteiger partial charge in [0.2, 0.25) is 5.91 Å². The molecule has 132 valence electrons. The van der Waals surface area contributed by atoms with Gasteiger partial charge in [-0.1, -0.05) is 6.07 Å². The molecule has 0 saturated carbocycles. The van der Waals surface area contributed by atoms with Crippen LogP contribution in [0.4, 0.5) is 11.4 Å². The Morgan fingerprint density at radius 2 is 1.80 bits per heavy atom. The zero-order chi connectivity index (χ0) is 18.2. The number of aliphatic hydroxyl groups excluding tert-OH is 1. The summed E-state index contributed by atoms with van der Waals surface area (Å²) in [5.74, 6) is 0.666. The van der Waals surface area contributed by atoms with Crippen LogP contribution in [0.25, 0.3) is 0 Å². The number of anilines is 1. The Labute approximate surface area is 144 Å². The van der Waals surface area contributed by atoms with Gasteiger partial charge < -0.3 is 19.9 Å². The lowest BCUT2D eigenvalue weighted by molar-refractivity contribution is -0.384. The van der Waals surface area contributed by atoms with E-state index in [2.05, 4.69) is 5.32 Å². The lowest BCUT2D eigenvalue weighted by Gasteiger charge is -2.14. The van der Waals surface area contributed by atoms with Crippen molar-refractivity contribution in [2.45, 2.75) is 13.0 Å². The topological polar surface area (TPSA) is 111 Å². The van der Waals surface area contributed by atoms with Gasteiger partial charge in [-0.15, -0.1) is 0 Å². The molecule has 8 nitrogen and oxygen atoms in total. The lowest BCUT2D eigenvalue weighted by atomic mass is 10.3. The van der Waals surface area contributed by atoms with Crippen LogP contribution < -0.4 is 14.8 Å². The summed E-state index contributed by atoms with van der Waals surface area (Å²) >= 11 is 0. The fourth-order valence-electron chi connectivity index (χ4n) is 1.96. The Bertz CT molecular complexity index is 732. The number of nitrogens with zero attached hydrogens (tertiary/aromatic N) is 1. The fraction of sp³-hybridized carbons (Fsp3) is 0.235. The van der Waals surface area contributed by atoms with Gasteiger partial charge in [0.15, 0.2) is 0 Å². The first kappa shape index (κ1) is 18.2. The number of carbonyl (C=O) groups is 1. The van der Waals surface area contributed by atoms with Gasteiger partial charge in [0.05, 0.1) is 11.0 Å². The minimum Gasteiger partial charge on any atom is -0.491 e. The van der Waals surface area contributed by atoms with Crippen molar-refractivity contribution in [1.82, 2.24) is 0 Å². The van der Waals surface area contributed by atoms with Gasteiger partial charge in [-0.3, -0.25) is 14.9 Å². The third-order valence-corrected chi connectivity index (χ3v) is 3.09. The van der Waals surface area contributed by atoms with E-state index in [4.69, 9.17) is 9.47 Å². The van der Waals surface area contributed by atoms with Crippen molar-refractivity contribution in [2.75, 3.05) is 18.5 Å². The normalized spacial score (nSPS) is 11.4. The molecule has 0 heterocycles. The van der Waals surface area contributed by atoms with E-state index in [0.717, 1.165) is 0 Å². The highest BCUT2D eigenvalue weighted by Gasteiger charge is 2.10. The molecule has 0 unspecified atom stereocenters. The van der Waals surface area contributed by atoms with E-state index in [-0.39, 0.29) is 24.8 Å². The first-order valence-electron chi connectivity index (χ1n) is 7.50. The van der Waals surface area contributed by atoms with Crippen LogP contribution in [0, 0.1) is 10.1 Å². The molecule has 0 radical (unpaired) electrons. The average Bonchev–Trinajstić information content (AvgIpc) is 2.59. The Kier molecular flexibility index (Phi) is 6.30. The average molecular weight is 346 g/mol. The molecule has 1 amide bonds. The first-order chi connectivity index (χ1) is 11.9. The SMILES string of the molecule is CC(=O)Nc1ccc(OC[C@H](O)COc2cccc([N+](=O)[O-])c2)cc1. The predicted molar refractivity (Wildman–Crippen MR) is 90.8 cm³/mol. The molecule has 0 spiro atoms. The van der Waals surface area contributed by atoms with Gasteiger partial charge in [0, 0.05) is 18.7 Å². The highest BCUT2D eigenvalue weighted by Crippen LogP contribution is 2.19. The number of benzene rings is 2. The maximum Gasteiger partial charge on any atom is 0.273 e. The summed E-state index contributed by atoms with van der Waals surface area (Å²) < 4.78 is 10.8. The fourth-order valence-corrected chi connectivity index (χ4v) is 1.96. The number of ether oxygens (including phenoxy) is 2. The quantitative estimate of drug-likeness (QED) is 0.561. The number of nitrogens with one attached hydrogen (secondary N) is 1. The minimum atomic E-state index is -0.908. The first-order valence-corrected chi connectivity index (χ1v) is 7.50. The summed E-state index contributed by atoms with van der Waals surface area (Å²) in [6, 6.07) is 12.4. The Morgan fingerprint density at radius 1 is 1.16 bits per heavy atom. The molecule has 2 N–H and O–H groups in total. The van der Waals surface area contributed by atoms with Crippen molar-refractivity contribution in [3.05, 3.63) is 58.6 Å². The van der Waals surface area contributed by atoms with Crippen LogP contribution in [-0.2, 0) is 4.79 Å². The van der Waals surface area contributed by atoms with Crippen molar-refractivity contribution in [1.29, 1.82) is 0 Å². The summed E-state index contributed by atoms with van der Waals surface area (Å²) in [5, 5.41) is 23.2. The second kappa shape index (κ2) is 8.65. The van der Waals surface area contributed by atoms with Crippen LogP contribution in [0.15, 0.2) is 48.5 Å². The van der Waals surface area contributed by atoms with Crippen molar-refractivity contribution in [2.24, 2.45) is 0 Å². The van der Waals surface area contributed by atoms with E-state index in [1.165, 1.54) is 25.1 Å². The van der Waals surface area contributed by atoms with Crippen molar-refractivity contribution < 1.29 is 24.3 Å². The standard InChI is InChI=1S/C17H18N2O6/c1-12(20)18-13-5-7-16(8-6-13)24-10-15(21)11-25-17-4-2-3-14(9-17)19(22)23/h2-9,15,21H,10-11H2,1H3,(H,18,20)/t15-/m0/s1. The van der Waals surface area contributed by atoms with Crippen LogP contribution in [0.2, 0.25) is 0 Å². The molecule has 0 saturated heterocycles. The molecule has 0 aliphatic heterocycles. The third-order valence-electron chi connectivity index (χ3n) is 3.09.